The Labute approximate surface area is 125 Å². The number of carbonyl (C=O) groups is 1. The van der Waals surface area contributed by atoms with Gasteiger partial charge in [-0.2, -0.15) is 0 Å². The standard InChI is InChI=1S/C19H19NO/c21-19-16-11-12-20(13-16)18(19)17(14-7-3-1-4-8-14)15-9-5-2-6-10-15/h1-10,16-18H,11-13H2/t16?,18-/m0/s1. The number of fused-ring (bicyclic) bond motifs is 2. The van der Waals surface area contributed by atoms with Crippen LogP contribution in [0.2, 0.25) is 0 Å². The van der Waals surface area contributed by atoms with Crippen molar-refractivity contribution in [3.63, 3.8) is 0 Å². The minimum absolute atomic E-state index is 0.0218. The molecule has 2 heterocycles. The van der Waals surface area contributed by atoms with E-state index in [1.165, 1.54) is 11.1 Å². The number of ketones is 1. The second-order valence-corrected chi connectivity index (χ2v) is 6.13. The van der Waals surface area contributed by atoms with Gasteiger partial charge < -0.3 is 0 Å². The van der Waals surface area contributed by atoms with E-state index >= 15 is 0 Å². The molecule has 2 unspecified atom stereocenters. The summed E-state index contributed by atoms with van der Waals surface area (Å²) in [6.45, 7) is 2.02. The van der Waals surface area contributed by atoms with Crippen molar-refractivity contribution in [1.82, 2.24) is 4.90 Å². The predicted octanol–water partition coefficient (Wildman–Crippen LogP) is 3.09. The molecule has 0 saturated carbocycles. The largest absolute Gasteiger partial charge is 0.298 e. The maximum absolute atomic E-state index is 12.7. The van der Waals surface area contributed by atoms with Crippen LogP contribution in [0.4, 0.5) is 0 Å². The van der Waals surface area contributed by atoms with Gasteiger partial charge in [0.15, 0.2) is 5.78 Å². The second-order valence-electron chi connectivity index (χ2n) is 6.13. The first-order valence-electron chi connectivity index (χ1n) is 7.72. The summed E-state index contributed by atoms with van der Waals surface area (Å²) < 4.78 is 0. The average Bonchev–Trinajstić information content (AvgIpc) is 3.13. The van der Waals surface area contributed by atoms with E-state index in [1.54, 1.807) is 0 Å². The summed E-state index contributed by atoms with van der Waals surface area (Å²) in [6, 6.07) is 21.0. The fourth-order valence-corrected chi connectivity index (χ4v) is 3.95. The Morgan fingerprint density at radius 2 is 1.48 bits per heavy atom. The Morgan fingerprint density at radius 1 is 0.905 bits per heavy atom. The van der Waals surface area contributed by atoms with E-state index in [9.17, 15) is 4.79 Å². The molecule has 0 aromatic heterocycles. The van der Waals surface area contributed by atoms with Crippen LogP contribution in [-0.2, 0) is 4.79 Å². The zero-order valence-electron chi connectivity index (χ0n) is 12.0. The molecule has 3 atom stereocenters. The number of hydrogen-bond donors (Lipinski definition) is 0. The summed E-state index contributed by atoms with van der Waals surface area (Å²) in [5, 5.41) is 0. The van der Waals surface area contributed by atoms with Gasteiger partial charge in [-0.3, -0.25) is 9.69 Å². The summed E-state index contributed by atoms with van der Waals surface area (Å²) in [5.41, 5.74) is 2.49. The molecule has 0 aliphatic carbocycles. The molecule has 0 amide bonds. The van der Waals surface area contributed by atoms with Crippen molar-refractivity contribution in [3.05, 3.63) is 71.8 Å². The third-order valence-electron chi connectivity index (χ3n) is 4.94. The highest BCUT2D eigenvalue weighted by Gasteiger charge is 2.48. The van der Waals surface area contributed by atoms with Gasteiger partial charge in [0.25, 0.3) is 0 Å². The highest BCUT2D eigenvalue weighted by Crippen LogP contribution is 2.40. The van der Waals surface area contributed by atoms with Crippen molar-refractivity contribution in [2.75, 3.05) is 13.1 Å². The summed E-state index contributed by atoms with van der Waals surface area (Å²) in [7, 11) is 0. The molecular formula is C19H19NO. The molecule has 2 aliphatic rings. The number of benzene rings is 2. The quantitative estimate of drug-likeness (QED) is 0.859. The first kappa shape index (κ1) is 12.8. The minimum Gasteiger partial charge on any atom is -0.298 e. The van der Waals surface area contributed by atoms with Gasteiger partial charge in [0.2, 0.25) is 0 Å². The number of nitrogens with zero attached hydrogens (tertiary/aromatic N) is 1. The first-order valence-corrected chi connectivity index (χ1v) is 7.72. The fraction of sp³-hybridized carbons (Fsp3) is 0.316. The van der Waals surface area contributed by atoms with Crippen molar-refractivity contribution in [2.24, 2.45) is 5.92 Å². The van der Waals surface area contributed by atoms with Crippen LogP contribution in [0.5, 0.6) is 0 Å². The molecular weight excluding hydrogens is 258 g/mol. The van der Waals surface area contributed by atoms with Crippen molar-refractivity contribution in [1.29, 1.82) is 0 Å². The lowest BCUT2D eigenvalue weighted by Crippen LogP contribution is -2.41. The predicted molar refractivity (Wildman–Crippen MR) is 83.2 cm³/mol. The molecule has 0 radical (unpaired) electrons. The highest BCUT2D eigenvalue weighted by molar-refractivity contribution is 5.91. The van der Waals surface area contributed by atoms with E-state index in [0.717, 1.165) is 19.5 Å². The van der Waals surface area contributed by atoms with Gasteiger partial charge >= 0.3 is 0 Å². The Kier molecular flexibility index (Phi) is 3.12. The lowest BCUT2D eigenvalue weighted by Gasteiger charge is -2.32. The van der Waals surface area contributed by atoms with Crippen LogP contribution in [0.3, 0.4) is 0 Å². The van der Waals surface area contributed by atoms with Crippen molar-refractivity contribution in [3.8, 4) is 0 Å². The van der Waals surface area contributed by atoms with Crippen molar-refractivity contribution in [2.45, 2.75) is 18.4 Å². The lowest BCUT2D eigenvalue weighted by molar-refractivity contribution is -0.124. The molecule has 2 bridgehead atoms. The van der Waals surface area contributed by atoms with Crippen LogP contribution >= 0.6 is 0 Å². The zero-order valence-corrected chi connectivity index (χ0v) is 12.0. The zero-order chi connectivity index (χ0) is 14.2. The Morgan fingerprint density at radius 3 is 1.95 bits per heavy atom. The Hall–Kier alpha value is -1.93. The number of rotatable bonds is 3. The smallest absolute Gasteiger partial charge is 0.155 e. The maximum atomic E-state index is 12.7. The monoisotopic (exact) mass is 277 g/mol. The van der Waals surface area contributed by atoms with Crippen LogP contribution in [-0.4, -0.2) is 29.8 Å². The van der Waals surface area contributed by atoms with Crippen LogP contribution in [0.1, 0.15) is 23.5 Å². The summed E-state index contributed by atoms with van der Waals surface area (Å²) in [5.74, 6) is 0.870. The first-order chi connectivity index (χ1) is 10.3. The number of carbonyl (C=O) groups excluding carboxylic acids is 1. The molecule has 2 nitrogen and oxygen atoms in total. The number of hydrogen-bond acceptors (Lipinski definition) is 2. The summed E-state index contributed by atoms with van der Waals surface area (Å²) in [6.07, 6.45) is 1.05. The molecule has 21 heavy (non-hydrogen) atoms. The molecule has 2 saturated heterocycles. The highest BCUT2D eigenvalue weighted by atomic mass is 16.1. The van der Waals surface area contributed by atoms with E-state index in [1.807, 2.05) is 12.1 Å². The number of piperidine rings is 1. The van der Waals surface area contributed by atoms with Gasteiger partial charge in [-0.15, -0.1) is 0 Å². The molecule has 0 N–H and O–H groups in total. The molecule has 2 aromatic rings. The molecule has 106 valence electrons. The van der Waals surface area contributed by atoms with Crippen LogP contribution in [0, 0.1) is 5.92 Å². The normalized spacial score (nSPS) is 27.5. The van der Waals surface area contributed by atoms with Crippen LogP contribution in [0.25, 0.3) is 0 Å². The van der Waals surface area contributed by atoms with E-state index in [4.69, 9.17) is 0 Å². The van der Waals surface area contributed by atoms with Crippen LogP contribution < -0.4 is 0 Å². The summed E-state index contributed by atoms with van der Waals surface area (Å²) in [4.78, 5) is 15.1. The SMILES string of the molecule is O=C1C2CCN(C2)[C@H]1C(c1ccccc1)c1ccccc1. The molecule has 2 aliphatic heterocycles. The van der Waals surface area contributed by atoms with Gasteiger partial charge in [0.05, 0.1) is 6.04 Å². The Bertz CT molecular complexity index is 598. The average molecular weight is 277 g/mol. The third kappa shape index (κ3) is 2.11. The lowest BCUT2D eigenvalue weighted by atomic mass is 9.80. The maximum Gasteiger partial charge on any atom is 0.155 e. The van der Waals surface area contributed by atoms with E-state index in [-0.39, 0.29) is 17.9 Å². The van der Waals surface area contributed by atoms with Crippen LogP contribution in [0.15, 0.2) is 60.7 Å². The van der Waals surface area contributed by atoms with Crippen molar-refractivity contribution < 1.29 is 4.79 Å². The van der Waals surface area contributed by atoms with E-state index < -0.39 is 0 Å². The third-order valence-corrected chi connectivity index (χ3v) is 4.94. The van der Waals surface area contributed by atoms with Gasteiger partial charge in [0, 0.05) is 18.4 Å². The van der Waals surface area contributed by atoms with Gasteiger partial charge in [-0.05, 0) is 24.1 Å². The van der Waals surface area contributed by atoms with Gasteiger partial charge in [-0.1, -0.05) is 60.7 Å². The molecule has 2 aromatic carbocycles. The topological polar surface area (TPSA) is 20.3 Å². The van der Waals surface area contributed by atoms with E-state index in [0.29, 0.717) is 5.78 Å². The summed E-state index contributed by atoms with van der Waals surface area (Å²) >= 11 is 0. The van der Waals surface area contributed by atoms with E-state index in [2.05, 4.69) is 53.4 Å². The molecule has 4 rings (SSSR count). The fourth-order valence-electron chi connectivity index (χ4n) is 3.95. The van der Waals surface area contributed by atoms with Gasteiger partial charge in [0.1, 0.15) is 0 Å². The molecule has 2 heteroatoms. The van der Waals surface area contributed by atoms with Crippen molar-refractivity contribution >= 4 is 5.78 Å². The van der Waals surface area contributed by atoms with Gasteiger partial charge in [-0.25, -0.2) is 0 Å². The Balaban J connectivity index is 1.79. The number of Topliss-reactive ketones (excluding diaryl/α,β-unsaturated/α-hetero) is 1. The minimum atomic E-state index is 0.0218. The molecule has 2 fully saturated rings. The molecule has 0 spiro atoms. The second kappa shape index (κ2) is 5.12.